The number of carbonyl (C=O) groups excluding carboxylic acids is 2. The summed E-state index contributed by atoms with van der Waals surface area (Å²) >= 11 is 0. The first-order chi connectivity index (χ1) is 12.2. The maximum atomic E-state index is 11.9. The minimum atomic E-state index is -0.880. The maximum absolute atomic E-state index is 11.9. The van der Waals surface area contributed by atoms with E-state index in [0.29, 0.717) is 37.4 Å². The van der Waals surface area contributed by atoms with Crippen molar-refractivity contribution in [2.24, 2.45) is 0 Å². The maximum Gasteiger partial charge on any atom is 0.251 e. The van der Waals surface area contributed by atoms with Crippen molar-refractivity contribution in [1.29, 1.82) is 0 Å². The lowest BCUT2D eigenvalue weighted by Gasteiger charge is -2.11. The molecule has 7 heteroatoms. The van der Waals surface area contributed by atoms with Crippen LogP contribution >= 0.6 is 8.38 Å². The molecule has 0 aliphatic rings. The number of aldehydes is 1. The molecule has 0 aliphatic heterocycles. The quantitative estimate of drug-likeness (QED) is 0.251. The number of benzene rings is 1. The van der Waals surface area contributed by atoms with E-state index in [-0.39, 0.29) is 5.91 Å². The Morgan fingerprint density at radius 1 is 1.16 bits per heavy atom. The summed E-state index contributed by atoms with van der Waals surface area (Å²) in [6, 6.07) is 6.57. The van der Waals surface area contributed by atoms with Gasteiger partial charge in [-0.2, -0.15) is 0 Å². The molecule has 1 N–H and O–H groups in total. The van der Waals surface area contributed by atoms with Crippen LogP contribution < -0.4 is 5.32 Å². The van der Waals surface area contributed by atoms with E-state index in [2.05, 4.69) is 10.2 Å². The number of hydrogen-bond acceptors (Lipinski definition) is 4. The highest BCUT2D eigenvalue weighted by atomic mass is 31.2. The first-order valence-electron chi connectivity index (χ1n) is 8.33. The molecule has 0 radical (unpaired) electrons. The van der Waals surface area contributed by atoms with Crippen LogP contribution in [0.2, 0.25) is 0 Å². The summed E-state index contributed by atoms with van der Waals surface area (Å²) in [6.07, 6.45) is 4.69. The molecule has 25 heavy (non-hydrogen) atoms. The highest BCUT2D eigenvalue weighted by Crippen LogP contribution is 2.33. The van der Waals surface area contributed by atoms with E-state index in [1.165, 1.54) is 0 Å². The fraction of sp³-hybridized carbons (Fsp3) is 0.500. The lowest BCUT2D eigenvalue weighted by Crippen LogP contribution is -2.24. The highest BCUT2D eigenvalue weighted by molar-refractivity contribution is 7.46. The van der Waals surface area contributed by atoms with E-state index in [9.17, 15) is 9.59 Å². The topological polar surface area (TPSA) is 69.0 Å². The monoisotopic (exact) mass is 364 g/mol. The minimum Gasteiger partial charge on any atom is -0.352 e. The molecule has 0 bridgehead atoms. The zero-order valence-corrected chi connectivity index (χ0v) is 15.5. The summed E-state index contributed by atoms with van der Waals surface area (Å²) in [6.45, 7) is 10.7. The molecule has 1 amide bonds. The second kappa shape index (κ2) is 13.5. The van der Waals surface area contributed by atoms with Crippen molar-refractivity contribution in [3.05, 3.63) is 46.8 Å². The minimum absolute atomic E-state index is 0.117. The van der Waals surface area contributed by atoms with E-state index in [1.807, 2.05) is 6.66 Å². The van der Waals surface area contributed by atoms with E-state index in [0.717, 1.165) is 32.0 Å². The van der Waals surface area contributed by atoms with Crippen molar-refractivity contribution >= 4 is 20.6 Å². The van der Waals surface area contributed by atoms with Crippen LogP contribution in [0.4, 0.5) is 0 Å². The van der Waals surface area contributed by atoms with Gasteiger partial charge in [0.2, 0.25) is 6.54 Å². The summed E-state index contributed by atoms with van der Waals surface area (Å²) in [5, 5.41) is 2.87. The summed E-state index contributed by atoms with van der Waals surface area (Å²) in [5.74, 6) is -0.117. The average Bonchev–Trinajstić information content (AvgIpc) is 2.64. The highest BCUT2D eigenvalue weighted by Gasteiger charge is 2.05. The molecule has 136 valence electrons. The fourth-order valence-electron chi connectivity index (χ4n) is 2.04. The van der Waals surface area contributed by atoms with Crippen LogP contribution in [-0.2, 0) is 9.05 Å². The Kier molecular flexibility index (Phi) is 11.5. The Morgan fingerprint density at radius 2 is 1.84 bits per heavy atom. The molecule has 1 aromatic carbocycles. The molecule has 1 aromatic rings. The molecule has 1 unspecified atom stereocenters. The third-order valence-corrected chi connectivity index (χ3v) is 4.51. The molecule has 0 fully saturated rings. The zero-order valence-electron chi connectivity index (χ0n) is 14.6. The van der Waals surface area contributed by atoms with Crippen LogP contribution in [0.15, 0.2) is 24.3 Å². The van der Waals surface area contributed by atoms with Gasteiger partial charge in [-0.15, -0.1) is 0 Å². The number of hydrogen-bond donors (Lipinski definition) is 1. The predicted molar refractivity (Wildman–Crippen MR) is 98.8 cm³/mol. The van der Waals surface area contributed by atoms with Crippen LogP contribution in [0.1, 0.15) is 46.4 Å². The molecule has 1 atom stereocenters. The van der Waals surface area contributed by atoms with E-state index in [1.54, 1.807) is 24.3 Å². The van der Waals surface area contributed by atoms with Gasteiger partial charge in [0.25, 0.3) is 5.91 Å². The zero-order chi connectivity index (χ0) is 18.3. The van der Waals surface area contributed by atoms with Crippen LogP contribution in [0, 0.1) is 6.57 Å². The normalized spacial score (nSPS) is 11.5. The van der Waals surface area contributed by atoms with E-state index in [4.69, 9.17) is 15.6 Å². The van der Waals surface area contributed by atoms with Gasteiger partial charge < -0.3 is 19.2 Å². The summed E-state index contributed by atoms with van der Waals surface area (Å²) in [4.78, 5) is 25.7. The number of carbonyl (C=O) groups is 2. The number of rotatable bonds is 13. The van der Waals surface area contributed by atoms with Crippen molar-refractivity contribution in [3.63, 3.8) is 0 Å². The summed E-state index contributed by atoms with van der Waals surface area (Å²) in [7, 11) is -0.880. The molecule has 0 heterocycles. The second-order valence-corrected chi connectivity index (χ2v) is 6.79. The van der Waals surface area contributed by atoms with Crippen molar-refractivity contribution in [2.45, 2.75) is 25.7 Å². The third kappa shape index (κ3) is 9.93. The fourth-order valence-corrected chi connectivity index (χ4v) is 2.84. The lowest BCUT2D eigenvalue weighted by atomic mass is 10.1. The van der Waals surface area contributed by atoms with Crippen molar-refractivity contribution < 1.29 is 18.6 Å². The predicted octanol–water partition coefficient (Wildman–Crippen LogP) is 3.68. The standard InChI is InChI=1S/C18H25N2O4P/c1-19-12-14-24-25(2)23-13-6-4-3-5-11-20-18(22)17-9-7-16(15-21)8-10-17/h7-10,15H,3-6,11-14H2,2H3,(H,20,22). The van der Waals surface area contributed by atoms with Crippen molar-refractivity contribution in [2.75, 3.05) is 33.0 Å². The van der Waals surface area contributed by atoms with Gasteiger partial charge in [0.1, 0.15) is 12.9 Å². The van der Waals surface area contributed by atoms with Crippen LogP contribution in [0.25, 0.3) is 4.85 Å². The molecular formula is C18H25N2O4P. The van der Waals surface area contributed by atoms with Crippen molar-refractivity contribution in [3.8, 4) is 0 Å². The van der Waals surface area contributed by atoms with Gasteiger partial charge in [0, 0.05) is 24.3 Å². The van der Waals surface area contributed by atoms with Gasteiger partial charge in [-0.25, -0.2) is 6.57 Å². The van der Waals surface area contributed by atoms with Crippen LogP contribution in [0.5, 0.6) is 0 Å². The number of nitrogens with zero attached hydrogens (tertiary/aromatic N) is 1. The van der Waals surface area contributed by atoms with Crippen LogP contribution in [0.3, 0.4) is 0 Å². The second-order valence-electron chi connectivity index (χ2n) is 5.40. The molecule has 0 saturated carbocycles. The van der Waals surface area contributed by atoms with Gasteiger partial charge in [-0.05, 0) is 25.0 Å². The van der Waals surface area contributed by atoms with Gasteiger partial charge >= 0.3 is 0 Å². The smallest absolute Gasteiger partial charge is 0.251 e. The molecular weight excluding hydrogens is 339 g/mol. The Bertz CT molecular complexity index is 557. The molecule has 6 nitrogen and oxygen atoms in total. The summed E-state index contributed by atoms with van der Waals surface area (Å²) < 4.78 is 10.9. The number of unbranched alkanes of at least 4 members (excludes halogenated alkanes) is 3. The molecule has 0 aliphatic carbocycles. The van der Waals surface area contributed by atoms with E-state index < -0.39 is 8.38 Å². The average molecular weight is 364 g/mol. The largest absolute Gasteiger partial charge is 0.352 e. The van der Waals surface area contributed by atoms with Gasteiger partial charge in [-0.3, -0.25) is 9.59 Å². The molecule has 1 rings (SSSR count). The lowest BCUT2D eigenvalue weighted by molar-refractivity contribution is 0.0952. The SMILES string of the molecule is [C-]#[N+]CCOP(C)OCCCCCCNC(=O)c1ccc(C=O)cc1. The van der Waals surface area contributed by atoms with Crippen molar-refractivity contribution in [1.82, 2.24) is 5.32 Å². The first kappa shape index (κ1) is 21.2. The van der Waals surface area contributed by atoms with Crippen LogP contribution in [-0.4, -0.2) is 45.2 Å². The molecule has 0 aromatic heterocycles. The first-order valence-corrected chi connectivity index (χ1v) is 9.96. The summed E-state index contributed by atoms with van der Waals surface area (Å²) in [5.41, 5.74) is 1.12. The Labute approximate surface area is 150 Å². The molecule has 0 saturated heterocycles. The molecule has 0 spiro atoms. The van der Waals surface area contributed by atoms with E-state index >= 15 is 0 Å². The number of amides is 1. The third-order valence-electron chi connectivity index (χ3n) is 3.41. The Hall–Kier alpha value is -1.80. The number of nitrogens with one attached hydrogen (secondary N) is 1. The Balaban J connectivity index is 2.00. The Morgan fingerprint density at radius 3 is 2.52 bits per heavy atom. The van der Waals surface area contributed by atoms with Gasteiger partial charge in [-0.1, -0.05) is 25.0 Å². The van der Waals surface area contributed by atoms with Gasteiger partial charge in [0.05, 0.1) is 6.61 Å². The van der Waals surface area contributed by atoms with Gasteiger partial charge in [0.15, 0.2) is 8.38 Å².